The second-order valence-electron chi connectivity index (χ2n) is 3.21. The molecule has 0 aliphatic carbocycles. The summed E-state index contributed by atoms with van der Waals surface area (Å²) in [5.74, 6) is -1.21. The Morgan fingerprint density at radius 2 is 2.18 bits per heavy atom. The van der Waals surface area contributed by atoms with Crippen molar-refractivity contribution in [2.45, 2.75) is 0 Å². The maximum Gasteiger partial charge on any atom is 0.329 e. The summed E-state index contributed by atoms with van der Waals surface area (Å²) in [5.41, 5.74) is 0.579. The second kappa shape index (κ2) is 7.23. The highest BCUT2D eigenvalue weighted by molar-refractivity contribution is 14.1. The summed E-state index contributed by atoms with van der Waals surface area (Å²) in [5, 5.41) is 11.0. The topological polar surface area (TPSA) is 75.6 Å². The van der Waals surface area contributed by atoms with E-state index in [0.29, 0.717) is 5.56 Å². The van der Waals surface area contributed by atoms with Gasteiger partial charge in [0.15, 0.2) is 0 Å². The van der Waals surface area contributed by atoms with Crippen LogP contribution in [-0.4, -0.2) is 36.7 Å². The summed E-state index contributed by atoms with van der Waals surface area (Å²) in [7, 11) is 0. The average molecular weight is 349 g/mol. The lowest BCUT2D eigenvalue weighted by molar-refractivity contribution is -0.142. The number of nitrogens with one attached hydrogen (secondary N) is 1. The second-order valence-corrected chi connectivity index (χ2v) is 4.46. The minimum atomic E-state index is -1.02. The standard InChI is InChI=1S/C11H12INO4/c12-9-3-1-2-8(6-9)11(16)13-4-5-17-7-10(14)15/h1-3,6H,4-5,7H2,(H,13,16)(H,14,15). The molecule has 1 amide bonds. The first-order chi connectivity index (χ1) is 8.09. The number of rotatable bonds is 6. The molecule has 0 atom stereocenters. The van der Waals surface area contributed by atoms with Gasteiger partial charge in [-0.15, -0.1) is 0 Å². The molecular weight excluding hydrogens is 337 g/mol. The van der Waals surface area contributed by atoms with Gasteiger partial charge in [0.25, 0.3) is 5.91 Å². The Morgan fingerprint density at radius 3 is 2.82 bits per heavy atom. The van der Waals surface area contributed by atoms with Crippen molar-refractivity contribution in [1.29, 1.82) is 0 Å². The predicted molar refractivity (Wildman–Crippen MR) is 69.9 cm³/mol. The fraction of sp³-hybridized carbons (Fsp3) is 0.273. The van der Waals surface area contributed by atoms with Gasteiger partial charge in [-0.2, -0.15) is 0 Å². The van der Waals surface area contributed by atoms with E-state index in [-0.39, 0.29) is 25.7 Å². The molecule has 6 heteroatoms. The number of amides is 1. The fourth-order valence-electron chi connectivity index (χ4n) is 1.13. The third-order valence-electron chi connectivity index (χ3n) is 1.84. The quantitative estimate of drug-likeness (QED) is 0.596. The van der Waals surface area contributed by atoms with Crippen molar-refractivity contribution in [3.05, 3.63) is 33.4 Å². The van der Waals surface area contributed by atoms with Crippen molar-refractivity contribution in [3.8, 4) is 0 Å². The van der Waals surface area contributed by atoms with Gasteiger partial charge in [0.05, 0.1) is 6.61 Å². The van der Waals surface area contributed by atoms with Crippen LogP contribution in [0.1, 0.15) is 10.4 Å². The summed E-state index contributed by atoms with van der Waals surface area (Å²) in [6, 6.07) is 7.19. The van der Waals surface area contributed by atoms with Gasteiger partial charge < -0.3 is 15.2 Å². The van der Waals surface area contributed by atoms with Crippen molar-refractivity contribution in [1.82, 2.24) is 5.32 Å². The van der Waals surface area contributed by atoms with Crippen LogP contribution in [-0.2, 0) is 9.53 Å². The molecule has 5 nitrogen and oxygen atoms in total. The maximum absolute atomic E-state index is 11.6. The van der Waals surface area contributed by atoms with E-state index in [1.54, 1.807) is 18.2 Å². The molecule has 1 rings (SSSR count). The zero-order valence-electron chi connectivity index (χ0n) is 8.98. The summed E-state index contributed by atoms with van der Waals surface area (Å²) >= 11 is 2.13. The Kier molecular flexibility index (Phi) is 5.92. The van der Waals surface area contributed by atoms with Gasteiger partial charge in [0.1, 0.15) is 6.61 Å². The molecule has 0 radical (unpaired) electrons. The first-order valence-corrected chi connectivity index (χ1v) is 6.01. The molecule has 0 unspecified atom stereocenters. The van der Waals surface area contributed by atoms with Gasteiger partial charge in [0, 0.05) is 15.7 Å². The number of carbonyl (C=O) groups excluding carboxylic acids is 1. The van der Waals surface area contributed by atoms with E-state index in [1.165, 1.54) is 0 Å². The molecule has 0 saturated heterocycles. The number of ether oxygens (including phenoxy) is 1. The lowest BCUT2D eigenvalue weighted by Crippen LogP contribution is -2.27. The molecule has 0 saturated carbocycles. The molecule has 0 fully saturated rings. The van der Waals surface area contributed by atoms with E-state index < -0.39 is 5.97 Å². The number of hydrogen-bond acceptors (Lipinski definition) is 3. The van der Waals surface area contributed by atoms with Gasteiger partial charge >= 0.3 is 5.97 Å². The molecule has 0 aliphatic heterocycles. The predicted octanol–water partition coefficient (Wildman–Crippen LogP) is 1.12. The number of benzene rings is 1. The molecular formula is C11H12INO4. The smallest absolute Gasteiger partial charge is 0.329 e. The average Bonchev–Trinajstić information content (AvgIpc) is 2.28. The summed E-state index contributed by atoms with van der Waals surface area (Å²) in [6.45, 7) is 0.124. The molecule has 17 heavy (non-hydrogen) atoms. The van der Waals surface area contributed by atoms with Crippen LogP contribution in [0.3, 0.4) is 0 Å². The molecule has 0 heterocycles. The lowest BCUT2D eigenvalue weighted by Gasteiger charge is -2.05. The molecule has 1 aromatic rings. The Morgan fingerprint density at radius 1 is 1.41 bits per heavy atom. The summed E-state index contributed by atoms with van der Waals surface area (Å²) in [6.07, 6.45) is 0. The zero-order valence-corrected chi connectivity index (χ0v) is 11.1. The van der Waals surface area contributed by atoms with Gasteiger partial charge in [0.2, 0.25) is 0 Å². The summed E-state index contributed by atoms with van der Waals surface area (Å²) in [4.78, 5) is 21.7. The SMILES string of the molecule is O=C(O)COCCNC(=O)c1cccc(I)c1. The summed E-state index contributed by atoms with van der Waals surface area (Å²) < 4.78 is 5.77. The van der Waals surface area contributed by atoms with Gasteiger partial charge in [-0.25, -0.2) is 4.79 Å². The van der Waals surface area contributed by atoms with E-state index in [2.05, 4.69) is 27.9 Å². The van der Waals surface area contributed by atoms with Gasteiger partial charge in [-0.1, -0.05) is 6.07 Å². The van der Waals surface area contributed by atoms with Crippen LogP contribution in [0.4, 0.5) is 0 Å². The van der Waals surface area contributed by atoms with Gasteiger partial charge in [-0.3, -0.25) is 4.79 Å². The van der Waals surface area contributed by atoms with Crippen LogP contribution in [0.2, 0.25) is 0 Å². The molecule has 1 aromatic carbocycles. The van der Waals surface area contributed by atoms with Crippen LogP contribution < -0.4 is 5.32 Å². The molecule has 0 bridgehead atoms. The Balaban J connectivity index is 2.28. The Bertz CT molecular complexity index is 408. The van der Waals surface area contributed by atoms with E-state index >= 15 is 0 Å². The molecule has 92 valence electrons. The molecule has 0 spiro atoms. The Labute approximate surface area is 112 Å². The van der Waals surface area contributed by atoms with E-state index in [0.717, 1.165) is 3.57 Å². The van der Waals surface area contributed by atoms with E-state index in [4.69, 9.17) is 9.84 Å². The normalized spacial score (nSPS) is 9.94. The highest BCUT2D eigenvalue weighted by atomic mass is 127. The monoisotopic (exact) mass is 349 g/mol. The number of carbonyl (C=O) groups is 2. The van der Waals surface area contributed by atoms with Crippen LogP contribution >= 0.6 is 22.6 Å². The number of carboxylic acid groups (broad SMARTS) is 1. The van der Waals surface area contributed by atoms with Crippen LogP contribution in [0, 0.1) is 3.57 Å². The number of aliphatic carboxylic acids is 1. The zero-order chi connectivity index (χ0) is 12.7. The van der Waals surface area contributed by atoms with Crippen molar-refractivity contribution < 1.29 is 19.4 Å². The lowest BCUT2D eigenvalue weighted by atomic mass is 10.2. The van der Waals surface area contributed by atoms with Gasteiger partial charge in [-0.05, 0) is 40.8 Å². The Hall–Kier alpha value is -1.15. The van der Waals surface area contributed by atoms with E-state index in [1.807, 2.05) is 6.07 Å². The van der Waals surface area contributed by atoms with Crippen molar-refractivity contribution in [3.63, 3.8) is 0 Å². The van der Waals surface area contributed by atoms with Crippen molar-refractivity contribution >= 4 is 34.5 Å². The minimum absolute atomic E-state index is 0.183. The highest BCUT2D eigenvalue weighted by Gasteiger charge is 2.04. The van der Waals surface area contributed by atoms with Crippen LogP contribution in [0.5, 0.6) is 0 Å². The first-order valence-electron chi connectivity index (χ1n) is 4.93. The fourth-order valence-corrected chi connectivity index (χ4v) is 1.67. The first kappa shape index (κ1) is 13.9. The van der Waals surface area contributed by atoms with Crippen LogP contribution in [0.25, 0.3) is 0 Å². The molecule has 0 aromatic heterocycles. The van der Waals surface area contributed by atoms with Crippen molar-refractivity contribution in [2.75, 3.05) is 19.8 Å². The van der Waals surface area contributed by atoms with Crippen LogP contribution in [0.15, 0.2) is 24.3 Å². The maximum atomic E-state index is 11.6. The molecule has 0 aliphatic rings. The molecule has 2 N–H and O–H groups in total. The number of carboxylic acids is 1. The third kappa shape index (κ3) is 5.64. The minimum Gasteiger partial charge on any atom is -0.480 e. The van der Waals surface area contributed by atoms with E-state index in [9.17, 15) is 9.59 Å². The van der Waals surface area contributed by atoms with Crippen molar-refractivity contribution in [2.24, 2.45) is 0 Å². The largest absolute Gasteiger partial charge is 0.480 e. The number of hydrogen-bond donors (Lipinski definition) is 2. The third-order valence-corrected chi connectivity index (χ3v) is 2.52. The highest BCUT2D eigenvalue weighted by Crippen LogP contribution is 2.07. The number of halogens is 1.